The van der Waals surface area contributed by atoms with E-state index in [2.05, 4.69) is 44.8 Å². The van der Waals surface area contributed by atoms with Crippen molar-refractivity contribution in [3.8, 4) is 0 Å². The van der Waals surface area contributed by atoms with Crippen LogP contribution in [-0.2, 0) is 0 Å². The molecule has 110 valence electrons. The van der Waals surface area contributed by atoms with Gasteiger partial charge in [0.2, 0.25) is 0 Å². The van der Waals surface area contributed by atoms with Crippen LogP contribution in [0, 0.1) is 0 Å². The summed E-state index contributed by atoms with van der Waals surface area (Å²) in [5.41, 5.74) is 0. The van der Waals surface area contributed by atoms with Gasteiger partial charge in [-0.3, -0.25) is 4.90 Å². The first-order valence-corrected chi connectivity index (χ1v) is 8.18. The molecule has 2 atom stereocenters. The summed E-state index contributed by atoms with van der Waals surface area (Å²) in [5.74, 6) is 0. The zero-order chi connectivity index (χ0) is 13.8. The highest BCUT2D eigenvalue weighted by Crippen LogP contribution is 2.11. The van der Waals surface area contributed by atoms with Crippen molar-refractivity contribution in [1.82, 2.24) is 10.2 Å². The van der Waals surface area contributed by atoms with Crippen LogP contribution in [0.25, 0.3) is 0 Å². The number of hydrogen-bond donors (Lipinski definition) is 1. The summed E-state index contributed by atoms with van der Waals surface area (Å²) < 4.78 is 0. The molecule has 0 rings (SSSR count). The van der Waals surface area contributed by atoms with Crippen molar-refractivity contribution in [3.63, 3.8) is 0 Å². The van der Waals surface area contributed by atoms with Crippen molar-refractivity contribution >= 4 is 0 Å². The average Bonchev–Trinajstić information content (AvgIpc) is 2.39. The molecule has 0 saturated carbocycles. The highest BCUT2D eigenvalue weighted by atomic mass is 15.2. The maximum absolute atomic E-state index is 3.71. The van der Waals surface area contributed by atoms with E-state index in [9.17, 15) is 0 Å². The monoisotopic (exact) mass is 256 g/mol. The zero-order valence-corrected chi connectivity index (χ0v) is 13.5. The van der Waals surface area contributed by atoms with Crippen LogP contribution >= 0.6 is 0 Å². The first-order valence-electron chi connectivity index (χ1n) is 8.18. The van der Waals surface area contributed by atoms with Crippen LogP contribution in [-0.4, -0.2) is 36.6 Å². The summed E-state index contributed by atoms with van der Waals surface area (Å²) in [6.07, 6.45) is 7.72. The molecule has 0 aromatic heterocycles. The summed E-state index contributed by atoms with van der Waals surface area (Å²) >= 11 is 0. The minimum Gasteiger partial charge on any atom is -0.312 e. The standard InChI is InChI=1S/C16H36N2/c1-6-10-13-18(14-11-7-2)15(5)16(9-4)17-12-8-3/h15-17H,6-14H2,1-5H3. The predicted octanol–water partition coefficient (Wildman–Crippen LogP) is 4.06. The first kappa shape index (κ1) is 17.9. The first-order chi connectivity index (χ1) is 8.71. The topological polar surface area (TPSA) is 15.3 Å². The molecule has 0 aliphatic carbocycles. The summed E-state index contributed by atoms with van der Waals surface area (Å²) in [4.78, 5) is 2.70. The lowest BCUT2D eigenvalue weighted by atomic mass is 10.0. The Morgan fingerprint density at radius 2 is 1.44 bits per heavy atom. The molecule has 0 radical (unpaired) electrons. The fourth-order valence-corrected chi connectivity index (χ4v) is 2.48. The highest BCUT2D eigenvalue weighted by Gasteiger charge is 2.20. The van der Waals surface area contributed by atoms with Crippen molar-refractivity contribution in [3.05, 3.63) is 0 Å². The van der Waals surface area contributed by atoms with Crippen LogP contribution < -0.4 is 5.32 Å². The van der Waals surface area contributed by atoms with E-state index in [1.807, 2.05) is 0 Å². The fraction of sp³-hybridized carbons (Fsp3) is 1.00. The van der Waals surface area contributed by atoms with Gasteiger partial charge < -0.3 is 5.32 Å². The number of nitrogens with one attached hydrogen (secondary N) is 1. The van der Waals surface area contributed by atoms with Crippen molar-refractivity contribution in [2.45, 2.75) is 85.2 Å². The van der Waals surface area contributed by atoms with Gasteiger partial charge in [-0.1, -0.05) is 40.5 Å². The third kappa shape index (κ3) is 7.38. The zero-order valence-electron chi connectivity index (χ0n) is 13.5. The second kappa shape index (κ2) is 12.0. The van der Waals surface area contributed by atoms with Crippen LogP contribution in [0.5, 0.6) is 0 Å². The van der Waals surface area contributed by atoms with Gasteiger partial charge in [0.05, 0.1) is 0 Å². The van der Waals surface area contributed by atoms with E-state index in [-0.39, 0.29) is 0 Å². The van der Waals surface area contributed by atoms with E-state index < -0.39 is 0 Å². The second-order valence-electron chi connectivity index (χ2n) is 5.45. The maximum atomic E-state index is 3.71. The van der Waals surface area contributed by atoms with Crippen molar-refractivity contribution in [1.29, 1.82) is 0 Å². The molecule has 0 amide bonds. The molecule has 0 aliphatic heterocycles. The van der Waals surface area contributed by atoms with Gasteiger partial charge in [-0.25, -0.2) is 0 Å². The quantitative estimate of drug-likeness (QED) is 0.566. The lowest BCUT2D eigenvalue weighted by Crippen LogP contribution is -2.49. The minimum atomic E-state index is 0.652. The molecule has 2 nitrogen and oxygen atoms in total. The molecular weight excluding hydrogens is 220 g/mol. The second-order valence-corrected chi connectivity index (χ2v) is 5.45. The Labute approximate surface area is 116 Å². The fourth-order valence-electron chi connectivity index (χ4n) is 2.48. The number of nitrogens with zero attached hydrogens (tertiary/aromatic N) is 1. The molecule has 18 heavy (non-hydrogen) atoms. The molecule has 0 saturated heterocycles. The Morgan fingerprint density at radius 3 is 1.83 bits per heavy atom. The number of unbranched alkanes of at least 4 members (excludes halogenated alkanes) is 2. The molecule has 2 heteroatoms. The lowest BCUT2D eigenvalue weighted by molar-refractivity contribution is 0.161. The average molecular weight is 256 g/mol. The molecule has 0 spiro atoms. The van der Waals surface area contributed by atoms with Crippen LogP contribution in [0.1, 0.15) is 73.1 Å². The Balaban J connectivity index is 4.31. The third-order valence-corrected chi connectivity index (χ3v) is 3.85. The largest absolute Gasteiger partial charge is 0.312 e. The maximum Gasteiger partial charge on any atom is 0.0220 e. The van der Waals surface area contributed by atoms with Crippen molar-refractivity contribution < 1.29 is 0 Å². The predicted molar refractivity (Wildman–Crippen MR) is 83.2 cm³/mol. The molecule has 2 unspecified atom stereocenters. The number of hydrogen-bond acceptors (Lipinski definition) is 2. The molecule has 0 aliphatic rings. The Kier molecular flexibility index (Phi) is 11.9. The van der Waals surface area contributed by atoms with Gasteiger partial charge in [-0.15, -0.1) is 0 Å². The van der Waals surface area contributed by atoms with E-state index in [0.29, 0.717) is 12.1 Å². The summed E-state index contributed by atoms with van der Waals surface area (Å²) in [5, 5.41) is 3.71. The molecule has 0 aromatic rings. The normalized spacial score (nSPS) is 15.0. The lowest BCUT2D eigenvalue weighted by Gasteiger charge is -2.35. The van der Waals surface area contributed by atoms with E-state index in [1.165, 1.54) is 51.6 Å². The van der Waals surface area contributed by atoms with E-state index in [1.54, 1.807) is 0 Å². The van der Waals surface area contributed by atoms with Gasteiger partial charge in [-0.05, 0) is 52.2 Å². The smallest absolute Gasteiger partial charge is 0.0220 e. The summed E-state index contributed by atoms with van der Waals surface area (Å²) in [6.45, 7) is 15.2. The van der Waals surface area contributed by atoms with Gasteiger partial charge >= 0.3 is 0 Å². The molecule has 0 aromatic carbocycles. The summed E-state index contributed by atoms with van der Waals surface area (Å²) in [6, 6.07) is 1.32. The van der Waals surface area contributed by atoms with Crippen molar-refractivity contribution in [2.24, 2.45) is 0 Å². The van der Waals surface area contributed by atoms with E-state index in [0.717, 1.165) is 6.54 Å². The third-order valence-electron chi connectivity index (χ3n) is 3.85. The Morgan fingerprint density at radius 1 is 0.889 bits per heavy atom. The molecule has 0 bridgehead atoms. The van der Waals surface area contributed by atoms with Gasteiger partial charge in [-0.2, -0.15) is 0 Å². The Bertz CT molecular complexity index is 162. The molecule has 0 heterocycles. The highest BCUT2D eigenvalue weighted by molar-refractivity contribution is 4.80. The molecule has 0 fully saturated rings. The van der Waals surface area contributed by atoms with Gasteiger partial charge in [0.1, 0.15) is 0 Å². The van der Waals surface area contributed by atoms with Gasteiger partial charge in [0.25, 0.3) is 0 Å². The van der Waals surface area contributed by atoms with Crippen LogP contribution in [0.4, 0.5) is 0 Å². The Hall–Kier alpha value is -0.0800. The van der Waals surface area contributed by atoms with Crippen LogP contribution in [0.3, 0.4) is 0 Å². The minimum absolute atomic E-state index is 0.652. The van der Waals surface area contributed by atoms with Gasteiger partial charge in [0.15, 0.2) is 0 Å². The van der Waals surface area contributed by atoms with Crippen LogP contribution in [0.2, 0.25) is 0 Å². The van der Waals surface area contributed by atoms with E-state index in [4.69, 9.17) is 0 Å². The van der Waals surface area contributed by atoms with Gasteiger partial charge in [0, 0.05) is 12.1 Å². The van der Waals surface area contributed by atoms with Crippen LogP contribution in [0.15, 0.2) is 0 Å². The van der Waals surface area contributed by atoms with E-state index >= 15 is 0 Å². The molecule has 1 N–H and O–H groups in total. The molecular formula is C16H36N2. The summed E-state index contributed by atoms with van der Waals surface area (Å²) in [7, 11) is 0. The SMILES string of the molecule is CCCCN(CCCC)C(C)C(CC)NCCC. The number of rotatable bonds is 12. The van der Waals surface area contributed by atoms with Crippen molar-refractivity contribution in [2.75, 3.05) is 19.6 Å².